The lowest BCUT2D eigenvalue weighted by Crippen LogP contribution is -2.57. The molecule has 6 saturated carbocycles. The van der Waals surface area contributed by atoms with Crippen molar-refractivity contribution < 1.29 is 142 Å². The third kappa shape index (κ3) is 29.5. The van der Waals surface area contributed by atoms with Crippen molar-refractivity contribution in [1.82, 2.24) is 43.1 Å². The molecule has 12 rings (SSSR count). The second kappa shape index (κ2) is 47.3. The van der Waals surface area contributed by atoms with Crippen molar-refractivity contribution in [3.63, 3.8) is 0 Å². The molecule has 137 heavy (non-hydrogen) atoms. The van der Waals surface area contributed by atoms with Crippen LogP contribution in [0.2, 0.25) is 31.6 Å². The standard InChI is InChI=1S/C18H29BN4O6S.3C15H31BN4O6S.C14H27BN4O6S/c20-15-9-16(15)23(10-13-5-2-1-3-6-13)30(28,29)22-11-14(7-4-8-19(26)27)18(21,12-22)17(24)25;1-14(2,3)20(12-7-11(12)17)27(25,26)19-8-10(5-4-6-16(23)24)15(18,9-19)13(21)22;1-10(2)7-20(13-6-12(13)17)27(25,26)19-8-11(4-3-5-16(23)24)15(18,9-19)14(21)22;1-2-3-7-20(13-8-12(13)17)27(25,26)19-9-11(5-4-6-16(23)24)15(18,10-19)14(21)22;16-11-6-12(11)19(10-3-4-10)26(24,25)18-7-9(2-1-5-15(22)23)14(17,8-18)13(20)21/h1-3,5-6,14-16,26-27H,4,7-12,20-21H2,(H,24,25);10-12,23-24H,4-9,17-18H2,1-3H3,(H,21,22);10-13,23-24H,3-9,17-18H2,1-2H3,(H,21,22);11-13,23-24H,2-10,17-18H2,1H3,(H,21,22);9-12,22-23H,1-8,16-17H2,(H,20,21)/t14-,15?,16?,18-;10-,11?,12?,15-;2*11-,12?,13?,15-;9-,11?,12?,14-/m00000/s1. The zero-order chi connectivity index (χ0) is 103. The van der Waals surface area contributed by atoms with Crippen molar-refractivity contribution in [1.29, 1.82) is 0 Å². The fourth-order valence-corrected chi connectivity index (χ4v) is 29.4. The van der Waals surface area contributed by atoms with E-state index in [1.165, 1.54) is 25.8 Å². The van der Waals surface area contributed by atoms with Crippen molar-refractivity contribution in [3.8, 4) is 0 Å². The summed E-state index contributed by atoms with van der Waals surface area (Å²) in [4.78, 5) is 58.9. The number of nitrogens with two attached hydrogens (primary N) is 10. The number of rotatable bonds is 48. The van der Waals surface area contributed by atoms with Gasteiger partial charge in [-0.3, -0.25) is 24.0 Å². The van der Waals surface area contributed by atoms with E-state index in [0.717, 1.165) is 42.0 Å². The summed E-state index contributed by atoms with van der Waals surface area (Å²) in [5.74, 6) is -9.28. The Morgan fingerprint density at radius 1 is 0.394 bits per heavy atom. The predicted octanol–water partition coefficient (Wildman–Crippen LogP) is -8.38. The van der Waals surface area contributed by atoms with Crippen molar-refractivity contribution in [3.05, 3.63) is 35.9 Å². The highest BCUT2D eigenvalue weighted by atomic mass is 32.2. The molecule has 782 valence electrons. The SMILES string of the molecule is CC(C)(C)N(C1CC1N)S(=O)(=O)N1C[C@H](CCCB(O)O)[C@](N)(C(=O)O)C1.CC(C)CN(C1CC1N)S(=O)(=O)N1C[C@H](CCCB(O)O)[C@](N)(C(=O)O)C1.CCCCN(C1CC1N)S(=O)(=O)N1C[C@H](CCCB(O)O)[C@](N)(C(=O)O)C1.NC1CC1N(C1CC1)S(=O)(=O)N1C[C@H](CCCB(O)O)[C@](N)(C(=O)O)C1.NC1CC1N(Cc1ccccc1)S(=O)(=O)N1C[C@H](CCCB(O)O)[C@](N)(C(=O)O)C1. The molecule has 5 aliphatic heterocycles. The van der Waals surface area contributed by atoms with Gasteiger partial charge in [-0.15, -0.1) is 0 Å². The molecule has 5 heterocycles. The Kier molecular flexibility index (Phi) is 40.6. The maximum atomic E-state index is 13.5. The lowest BCUT2D eigenvalue weighted by atomic mass is 9.78. The molecule has 0 radical (unpaired) electrons. The first-order chi connectivity index (χ1) is 63.3. The van der Waals surface area contributed by atoms with Crippen LogP contribution in [0.3, 0.4) is 0 Å². The van der Waals surface area contributed by atoms with E-state index in [0.29, 0.717) is 103 Å². The summed E-state index contributed by atoms with van der Waals surface area (Å²) in [6.45, 7) is 10.3. The minimum absolute atomic E-state index is 0.00274. The molecule has 60 heteroatoms. The summed E-state index contributed by atoms with van der Waals surface area (Å²) in [7, 11) is -27.0. The van der Waals surface area contributed by atoms with Crippen LogP contribution >= 0.6 is 0 Å². The van der Waals surface area contributed by atoms with E-state index in [2.05, 4.69) is 0 Å². The van der Waals surface area contributed by atoms with Crippen LogP contribution < -0.4 is 57.3 Å². The van der Waals surface area contributed by atoms with Crippen LogP contribution in [0.5, 0.6) is 0 Å². The average molecular weight is 2050 g/mol. The summed E-state index contributed by atoms with van der Waals surface area (Å²) in [6, 6.07) is 6.66. The van der Waals surface area contributed by atoms with Gasteiger partial charge in [0.1, 0.15) is 27.7 Å². The zero-order valence-corrected chi connectivity index (χ0v) is 83.0. The monoisotopic (exact) mass is 2050 g/mol. The summed E-state index contributed by atoms with van der Waals surface area (Å²) in [6.07, 6.45) is 9.54. The number of carboxylic acids is 5. The Morgan fingerprint density at radius 2 is 0.650 bits per heavy atom. The van der Waals surface area contributed by atoms with E-state index in [-0.39, 0.29) is 189 Å². The first kappa shape index (κ1) is 118. The van der Waals surface area contributed by atoms with Gasteiger partial charge in [0.05, 0.1) is 0 Å². The van der Waals surface area contributed by atoms with Gasteiger partial charge in [-0.1, -0.05) is 89.6 Å². The van der Waals surface area contributed by atoms with Gasteiger partial charge in [-0.05, 0) is 147 Å². The van der Waals surface area contributed by atoms with Gasteiger partial charge in [0.25, 0.3) is 51.0 Å². The van der Waals surface area contributed by atoms with Crippen LogP contribution in [0.25, 0.3) is 0 Å². The number of unbranched alkanes of at least 4 members (excludes halogenated alkanes) is 1. The highest BCUT2D eigenvalue weighted by Crippen LogP contribution is 2.46. The van der Waals surface area contributed by atoms with Crippen molar-refractivity contribution in [2.24, 2.45) is 92.8 Å². The molecule has 20 atom stereocenters. The number of hydrogen-bond donors (Lipinski definition) is 25. The van der Waals surface area contributed by atoms with E-state index in [9.17, 15) is 91.6 Å². The van der Waals surface area contributed by atoms with Gasteiger partial charge in [0.15, 0.2) is 0 Å². The Bertz CT molecular complexity index is 4830. The molecule has 1 aromatic carbocycles. The van der Waals surface area contributed by atoms with E-state index in [1.54, 1.807) is 20.8 Å². The van der Waals surface area contributed by atoms with Gasteiger partial charge in [0, 0.05) is 187 Å². The third-order valence-electron chi connectivity index (χ3n) is 27.8. The smallest absolute Gasteiger partial charge is 0.451 e. The molecule has 1 aromatic rings. The number of carboxylic acid groups (broad SMARTS) is 5. The minimum atomic E-state index is -4.00. The predicted molar refractivity (Wildman–Crippen MR) is 507 cm³/mol. The Labute approximate surface area is 805 Å². The van der Waals surface area contributed by atoms with E-state index in [4.69, 9.17) is 108 Å². The third-order valence-corrected chi connectivity index (χ3v) is 38.0. The number of hydrogen-bond acceptors (Lipinski definition) is 35. The minimum Gasteiger partial charge on any atom is -0.480 e. The van der Waals surface area contributed by atoms with Crippen LogP contribution in [0.1, 0.15) is 169 Å². The second-order valence-corrected chi connectivity index (χ2v) is 49.9. The Balaban J connectivity index is 0.000000210. The fourth-order valence-electron chi connectivity index (χ4n) is 18.9. The molecule has 11 aliphatic rings. The van der Waals surface area contributed by atoms with Gasteiger partial charge in [-0.2, -0.15) is 85.1 Å². The molecule has 10 unspecified atom stereocenters. The Hall–Kier alpha value is -4.56. The number of carbonyl (C=O) groups is 5. The molecule has 11 fully saturated rings. The lowest BCUT2D eigenvalue weighted by molar-refractivity contribution is -0.145. The molecule has 0 aromatic heterocycles. The lowest BCUT2D eigenvalue weighted by Gasteiger charge is -2.37. The fraction of sp³-hybridized carbons (Fsp3) is 0.857. The van der Waals surface area contributed by atoms with Crippen LogP contribution in [0.4, 0.5) is 0 Å². The van der Waals surface area contributed by atoms with Crippen LogP contribution in [0, 0.1) is 35.5 Å². The highest BCUT2D eigenvalue weighted by molar-refractivity contribution is 7.88. The van der Waals surface area contributed by atoms with E-state index >= 15 is 0 Å². The van der Waals surface area contributed by atoms with Gasteiger partial charge in [-0.25, -0.2) is 0 Å². The highest BCUT2D eigenvalue weighted by Gasteiger charge is 2.63. The van der Waals surface area contributed by atoms with Gasteiger partial charge in [0.2, 0.25) is 0 Å². The second-order valence-electron chi connectivity index (χ2n) is 40.6. The first-order valence-corrected chi connectivity index (χ1v) is 53.9. The van der Waals surface area contributed by atoms with Crippen molar-refractivity contribution in [2.75, 3.05) is 78.5 Å². The molecule has 50 nitrogen and oxygen atoms in total. The molecule has 5 saturated heterocycles. The van der Waals surface area contributed by atoms with Crippen LogP contribution in [-0.4, -0.2) is 405 Å². The molecule has 35 N–H and O–H groups in total. The Morgan fingerprint density at radius 3 is 0.898 bits per heavy atom. The average Bonchev–Trinajstić information content (AvgIpc) is 1.58. The summed E-state index contributed by atoms with van der Waals surface area (Å²) in [5, 5.41) is 138. The van der Waals surface area contributed by atoms with Crippen LogP contribution in [0.15, 0.2) is 30.3 Å². The number of aliphatic carboxylic acids is 5. The summed E-state index contributed by atoms with van der Waals surface area (Å²) < 4.78 is 145. The van der Waals surface area contributed by atoms with Gasteiger partial charge >= 0.3 is 65.4 Å². The van der Waals surface area contributed by atoms with Crippen molar-refractivity contribution >= 4 is 116 Å². The van der Waals surface area contributed by atoms with Gasteiger partial charge < -0.3 is 133 Å². The largest absolute Gasteiger partial charge is 0.480 e. The summed E-state index contributed by atoms with van der Waals surface area (Å²) in [5.41, 5.74) is 51.5. The molecule has 0 amide bonds. The molecule has 0 bridgehead atoms. The van der Waals surface area contributed by atoms with Crippen molar-refractivity contribution in [2.45, 2.75) is 301 Å². The topological polar surface area (TPSA) is 852 Å². The molecular weight excluding hydrogens is 1900 g/mol. The maximum absolute atomic E-state index is 13.5. The molecule has 6 aliphatic carbocycles. The van der Waals surface area contributed by atoms with E-state index < -0.39 is 179 Å². The quantitative estimate of drug-likeness (QED) is 0.0269. The molecular formula is C77H149B5N20O30S5. The normalized spacial score (nSPS) is 31.8. The zero-order valence-electron chi connectivity index (χ0n) is 78.9. The number of nitrogens with zero attached hydrogens (tertiary/aromatic N) is 10. The van der Waals surface area contributed by atoms with Crippen LogP contribution in [-0.2, 0) is 81.6 Å². The first-order valence-electron chi connectivity index (χ1n) is 46.9. The summed E-state index contributed by atoms with van der Waals surface area (Å²) >= 11 is 0. The maximum Gasteiger partial charge on any atom is 0.451 e. The molecule has 0 spiro atoms. The van der Waals surface area contributed by atoms with E-state index in [1.807, 2.05) is 51.1 Å². The number of benzene rings is 1.